The van der Waals surface area contributed by atoms with Crippen molar-refractivity contribution < 1.29 is 19.4 Å². The molecule has 20 heavy (non-hydrogen) atoms. The lowest BCUT2D eigenvalue weighted by Gasteiger charge is -2.16. The summed E-state index contributed by atoms with van der Waals surface area (Å²) in [6.45, 7) is -0.587. The van der Waals surface area contributed by atoms with Crippen LogP contribution in [0.15, 0.2) is 11.1 Å². The average Bonchev–Trinajstić information content (AvgIpc) is 2.84. The van der Waals surface area contributed by atoms with Gasteiger partial charge >= 0.3 is 0 Å². The molecule has 0 bridgehead atoms. The number of nitrogen functional groups attached to an aromatic ring is 1. The van der Waals surface area contributed by atoms with Gasteiger partial charge in [-0.15, -0.1) is 0 Å². The molecule has 106 valence electrons. The van der Waals surface area contributed by atoms with Gasteiger partial charge in [0.1, 0.15) is 6.10 Å². The topological polar surface area (TPSA) is 153 Å². The zero-order valence-electron chi connectivity index (χ0n) is 10.1. The van der Waals surface area contributed by atoms with Crippen LogP contribution < -0.4 is 11.3 Å². The smallest absolute Gasteiger partial charge is 0.280 e. The number of nitrogens with one attached hydrogen (secondary N) is 1. The number of aliphatic hydroxyl groups is 1. The fourth-order valence-electron chi connectivity index (χ4n) is 1.59. The Kier molecular flexibility index (Phi) is 3.86. The van der Waals surface area contributed by atoms with E-state index in [1.807, 2.05) is 0 Å². The summed E-state index contributed by atoms with van der Waals surface area (Å²) in [6.07, 6.45) is -0.556. The highest BCUT2D eigenvalue weighted by Gasteiger charge is 2.20. The Morgan fingerprint density at radius 3 is 2.85 bits per heavy atom. The number of aromatic nitrogens is 4. The van der Waals surface area contributed by atoms with Crippen molar-refractivity contribution in [2.45, 2.75) is 12.3 Å². The fourth-order valence-corrected chi connectivity index (χ4v) is 1.59. The van der Waals surface area contributed by atoms with Gasteiger partial charge in [0.15, 0.2) is 30.0 Å². The largest absolute Gasteiger partial charge is 0.393 e. The minimum Gasteiger partial charge on any atom is -0.393 e. The van der Waals surface area contributed by atoms with Crippen molar-refractivity contribution in [2.24, 2.45) is 0 Å². The predicted molar refractivity (Wildman–Crippen MR) is 65.7 cm³/mol. The number of carbonyl (C=O) groups is 2. The summed E-state index contributed by atoms with van der Waals surface area (Å²) in [5.41, 5.74) is 4.86. The molecule has 0 aliphatic carbocycles. The normalized spacial score (nSPS) is 14.1. The summed E-state index contributed by atoms with van der Waals surface area (Å²) in [4.78, 5) is 43.2. The van der Waals surface area contributed by atoms with Crippen LogP contribution in [0.2, 0.25) is 0 Å². The third kappa shape index (κ3) is 2.41. The number of imidazole rings is 1. The number of rotatable bonds is 6. The van der Waals surface area contributed by atoms with Crippen LogP contribution in [0.3, 0.4) is 0 Å². The van der Waals surface area contributed by atoms with E-state index in [1.54, 1.807) is 0 Å². The molecule has 2 heterocycles. The summed E-state index contributed by atoms with van der Waals surface area (Å²) in [6, 6.07) is 0. The number of hydrogen-bond acceptors (Lipinski definition) is 8. The summed E-state index contributed by atoms with van der Waals surface area (Å²) in [5.74, 6) is -0.150. The molecule has 0 fully saturated rings. The molecule has 2 aromatic rings. The van der Waals surface area contributed by atoms with Gasteiger partial charge in [-0.05, 0) is 0 Å². The van der Waals surface area contributed by atoms with Gasteiger partial charge in [-0.2, -0.15) is 4.98 Å². The van der Waals surface area contributed by atoms with E-state index in [-0.39, 0.29) is 17.1 Å². The van der Waals surface area contributed by atoms with Crippen LogP contribution in [-0.2, 0) is 14.3 Å². The molecule has 0 spiro atoms. The van der Waals surface area contributed by atoms with Gasteiger partial charge in [-0.1, -0.05) is 0 Å². The molecule has 10 heteroatoms. The number of aldehydes is 2. The molecule has 2 aromatic heterocycles. The first-order chi connectivity index (χ1) is 9.60. The summed E-state index contributed by atoms with van der Waals surface area (Å²) < 4.78 is 6.21. The molecule has 0 aliphatic heterocycles. The van der Waals surface area contributed by atoms with Crippen molar-refractivity contribution in [1.29, 1.82) is 0 Å². The maximum atomic E-state index is 11.6. The third-order valence-corrected chi connectivity index (χ3v) is 2.49. The zero-order chi connectivity index (χ0) is 14.7. The highest BCUT2D eigenvalue weighted by molar-refractivity contribution is 5.72. The van der Waals surface area contributed by atoms with Crippen molar-refractivity contribution in [2.75, 3.05) is 12.3 Å². The molecule has 4 N–H and O–H groups in total. The molecule has 0 amide bonds. The van der Waals surface area contributed by atoms with Gasteiger partial charge in [0.05, 0.1) is 12.9 Å². The quantitative estimate of drug-likeness (QED) is 0.512. The number of anilines is 1. The third-order valence-electron chi connectivity index (χ3n) is 2.49. The second-order valence-electron chi connectivity index (χ2n) is 3.80. The standard InChI is InChI=1S/C10H11N5O5/c11-10-13-8-7(9(19)14-10)12-4-15(8)6(3-18)20-5(1-16)2-17/h1,3-6,17H,2H2,(H3,11,13,14,19)/t5-,6-/m0/s1. The van der Waals surface area contributed by atoms with Gasteiger partial charge in [-0.25, -0.2) is 4.98 Å². The Morgan fingerprint density at radius 1 is 1.50 bits per heavy atom. The van der Waals surface area contributed by atoms with Crippen LogP contribution >= 0.6 is 0 Å². The van der Waals surface area contributed by atoms with Crippen molar-refractivity contribution in [3.8, 4) is 0 Å². The van der Waals surface area contributed by atoms with E-state index in [4.69, 9.17) is 15.6 Å². The van der Waals surface area contributed by atoms with E-state index >= 15 is 0 Å². The van der Waals surface area contributed by atoms with E-state index in [1.165, 1.54) is 0 Å². The van der Waals surface area contributed by atoms with Gasteiger partial charge in [0.25, 0.3) is 5.56 Å². The Bertz CT molecular complexity index is 693. The number of H-pyrrole nitrogens is 1. The summed E-state index contributed by atoms with van der Waals surface area (Å²) in [7, 11) is 0. The second-order valence-corrected chi connectivity index (χ2v) is 3.80. The van der Waals surface area contributed by atoms with E-state index in [0.29, 0.717) is 12.6 Å². The lowest BCUT2D eigenvalue weighted by atomic mass is 10.4. The Morgan fingerprint density at radius 2 is 2.25 bits per heavy atom. The number of aliphatic hydroxyl groups excluding tert-OH is 1. The van der Waals surface area contributed by atoms with Crippen molar-refractivity contribution >= 4 is 29.7 Å². The molecule has 0 saturated carbocycles. The highest BCUT2D eigenvalue weighted by Crippen LogP contribution is 2.15. The van der Waals surface area contributed by atoms with E-state index in [0.717, 1.165) is 10.9 Å². The molecule has 0 aliphatic rings. The number of nitrogens with two attached hydrogens (primary N) is 1. The number of fused-ring (bicyclic) bond motifs is 1. The lowest BCUT2D eigenvalue weighted by molar-refractivity contribution is -0.139. The molecular weight excluding hydrogens is 270 g/mol. The highest BCUT2D eigenvalue weighted by atomic mass is 16.5. The first-order valence-corrected chi connectivity index (χ1v) is 5.50. The van der Waals surface area contributed by atoms with Gasteiger partial charge < -0.3 is 20.4 Å². The number of nitrogens with zero attached hydrogens (tertiary/aromatic N) is 3. The first-order valence-electron chi connectivity index (χ1n) is 5.50. The molecule has 10 nitrogen and oxygen atoms in total. The van der Waals surface area contributed by atoms with Crippen LogP contribution in [0.4, 0.5) is 5.95 Å². The van der Waals surface area contributed by atoms with Crippen molar-refractivity contribution in [3.05, 3.63) is 16.7 Å². The Labute approximate surface area is 111 Å². The minimum absolute atomic E-state index is 0.0266. The van der Waals surface area contributed by atoms with Crippen LogP contribution in [0.5, 0.6) is 0 Å². The molecule has 2 rings (SSSR count). The summed E-state index contributed by atoms with van der Waals surface area (Å²) >= 11 is 0. The molecular formula is C10H11N5O5. The van der Waals surface area contributed by atoms with Crippen LogP contribution in [0, 0.1) is 0 Å². The number of hydrogen-bond donors (Lipinski definition) is 3. The number of aromatic amines is 1. The summed E-state index contributed by atoms with van der Waals surface area (Å²) in [5, 5.41) is 8.88. The van der Waals surface area contributed by atoms with Crippen molar-refractivity contribution in [3.63, 3.8) is 0 Å². The second kappa shape index (κ2) is 5.59. The van der Waals surface area contributed by atoms with Crippen LogP contribution in [-0.4, -0.2) is 49.9 Å². The number of ether oxygens (including phenoxy) is 1. The van der Waals surface area contributed by atoms with Crippen LogP contribution in [0.1, 0.15) is 6.23 Å². The predicted octanol–water partition coefficient (Wildman–Crippen LogP) is -2.02. The molecule has 0 radical (unpaired) electrons. The maximum Gasteiger partial charge on any atom is 0.280 e. The zero-order valence-corrected chi connectivity index (χ0v) is 10.1. The van der Waals surface area contributed by atoms with Crippen LogP contribution in [0.25, 0.3) is 11.2 Å². The SMILES string of the molecule is Nc1nc2c(ncn2[C@H](C=O)O[C@@H](C=O)CO)c(=O)[nH]1. The Balaban J connectivity index is 2.47. The average molecular weight is 281 g/mol. The Hall–Kier alpha value is -2.59. The monoisotopic (exact) mass is 281 g/mol. The minimum atomic E-state index is -1.27. The first kappa shape index (κ1) is 13.8. The molecule has 0 saturated heterocycles. The van der Waals surface area contributed by atoms with E-state index in [2.05, 4.69) is 15.0 Å². The number of carbonyl (C=O) groups excluding carboxylic acids is 2. The fraction of sp³-hybridized carbons (Fsp3) is 0.300. The lowest BCUT2D eigenvalue weighted by Crippen LogP contribution is -2.26. The molecule has 0 unspecified atom stereocenters. The molecule has 0 aromatic carbocycles. The van der Waals surface area contributed by atoms with E-state index in [9.17, 15) is 14.4 Å². The molecule has 2 atom stereocenters. The van der Waals surface area contributed by atoms with Gasteiger partial charge in [0.2, 0.25) is 5.95 Å². The van der Waals surface area contributed by atoms with Gasteiger partial charge in [-0.3, -0.25) is 19.1 Å². The van der Waals surface area contributed by atoms with E-state index < -0.39 is 24.5 Å². The van der Waals surface area contributed by atoms with Gasteiger partial charge in [0, 0.05) is 0 Å². The maximum absolute atomic E-state index is 11.6. The van der Waals surface area contributed by atoms with Crippen molar-refractivity contribution in [1.82, 2.24) is 19.5 Å².